The zero-order valence-electron chi connectivity index (χ0n) is 11.5. The number of ether oxygens (including phenoxy) is 1. The fourth-order valence-electron chi connectivity index (χ4n) is 2.54. The summed E-state index contributed by atoms with van der Waals surface area (Å²) in [5, 5.41) is 14.6. The molecule has 3 N–H and O–H groups in total. The molecule has 0 saturated heterocycles. The van der Waals surface area contributed by atoms with Gasteiger partial charge in [0.15, 0.2) is 0 Å². The average Bonchev–Trinajstić information content (AvgIpc) is 3.11. The average molecular weight is 270 g/mol. The highest BCUT2D eigenvalue weighted by atomic mass is 16.5. The summed E-state index contributed by atoms with van der Waals surface area (Å²) in [6, 6.07) is -0.430. The van der Waals surface area contributed by atoms with E-state index in [1.54, 1.807) is 14.0 Å². The molecule has 19 heavy (non-hydrogen) atoms. The van der Waals surface area contributed by atoms with Crippen molar-refractivity contribution in [2.45, 2.75) is 50.2 Å². The van der Waals surface area contributed by atoms with Crippen LogP contribution in [0.1, 0.15) is 39.0 Å². The third-order valence-electron chi connectivity index (χ3n) is 4.48. The molecule has 0 spiro atoms. The number of amides is 2. The number of nitrogens with one attached hydrogen (secondary N) is 2. The molecule has 0 aromatic heterocycles. The highest BCUT2D eigenvalue weighted by Crippen LogP contribution is 2.39. The number of hydrogen-bond acceptors (Lipinski definition) is 3. The van der Waals surface area contributed by atoms with Crippen LogP contribution >= 0.6 is 0 Å². The van der Waals surface area contributed by atoms with Gasteiger partial charge in [-0.05, 0) is 44.9 Å². The summed E-state index contributed by atoms with van der Waals surface area (Å²) in [6.45, 7) is 2.00. The molecule has 2 saturated carbocycles. The van der Waals surface area contributed by atoms with Crippen molar-refractivity contribution in [2.75, 3.05) is 13.7 Å². The Kier molecular flexibility index (Phi) is 3.71. The summed E-state index contributed by atoms with van der Waals surface area (Å²) >= 11 is 0. The molecule has 0 heterocycles. The van der Waals surface area contributed by atoms with E-state index in [1.807, 2.05) is 0 Å². The Morgan fingerprint density at radius 1 is 1.42 bits per heavy atom. The standard InChI is InChI=1S/C13H22N2O4/c1-12(10(16)17,9-4-5-9)15-11(18)14-8-13(19-2)6-3-7-13/h9H,3-8H2,1-2H3,(H,16,17)(H2,14,15,18). The normalized spacial score (nSPS) is 23.9. The van der Waals surface area contributed by atoms with E-state index in [4.69, 9.17) is 4.74 Å². The molecule has 2 fully saturated rings. The van der Waals surface area contributed by atoms with Crippen LogP contribution in [-0.4, -0.2) is 41.9 Å². The second kappa shape index (κ2) is 5.00. The van der Waals surface area contributed by atoms with Crippen LogP contribution in [0, 0.1) is 5.92 Å². The fraction of sp³-hybridized carbons (Fsp3) is 0.846. The van der Waals surface area contributed by atoms with Gasteiger partial charge in [-0.1, -0.05) is 0 Å². The molecule has 108 valence electrons. The summed E-state index contributed by atoms with van der Waals surface area (Å²) in [4.78, 5) is 23.2. The monoisotopic (exact) mass is 270 g/mol. The van der Waals surface area contributed by atoms with Crippen molar-refractivity contribution in [3.8, 4) is 0 Å². The number of carbonyl (C=O) groups excluding carboxylic acids is 1. The first kappa shape index (κ1) is 14.1. The molecule has 2 amide bonds. The van der Waals surface area contributed by atoms with Gasteiger partial charge in [0.2, 0.25) is 0 Å². The molecule has 1 atom stereocenters. The Hall–Kier alpha value is -1.30. The van der Waals surface area contributed by atoms with Gasteiger partial charge in [0.05, 0.1) is 5.60 Å². The first-order valence-electron chi connectivity index (χ1n) is 6.76. The van der Waals surface area contributed by atoms with Crippen molar-refractivity contribution in [1.82, 2.24) is 10.6 Å². The van der Waals surface area contributed by atoms with E-state index < -0.39 is 17.5 Å². The zero-order chi connectivity index (χ0) is 14.1. The fourth-order valence-corrected chi connectivity index (χ4v) is 2.54. The van der Waals surface area contributed by atoms with Crippen molar-refractivity contribution < 1.29 is 19.4 Å². The van der Waals surface area contributed by atoms with Crippen LogP contribution in [0.3, 0.4) is 0 Å². The Morgan fingerprint density at radius 2 is 2.05 bits per heavy atom. The van der Waals surface area contributed by atoms with Gasteiger partial charge in [-0.15, -0.1) is 0 Å². The number of urea groups is 1. The van der Waals surface area contributed by atoms with Gasteiger partial charge in [0.25, 0.3) is 0 Å². The highest BCUT2D eigenvalue weighted by Gasteiger charge is 2.48. The summed E-state index contributed by atoms with van der Waals surface area (Å²) in [7, 11) is 1.64. The van der Waals surface area contributed by atoms with E-state index in [0.29, 0.717) is 6.54 Å². The van der Waals surface area contributed by atoms with E-state index in [1.165, 1.54) is 0 Å². The number of hydrogen-bond donors (Lipinski definition) is 3. The maximum absolute atomic E-state index is 11.9. The maximum Gasteiger partial charge on any atom is 0.329 e. The van der Waals surface area contributed by atoms with E-state index in [9.17, 15) is 14.7 Å². The van der Waals surface area contributed by atoms with E-state index in [2.05, 4.69) is 10.6 Å². The van der Waals surface area contributed by atoms with E-state index >= 15 is 0 Å². The summed E-state index contributed by atoms with van der Waals surface area (Å²) < 4.78 is 5.40. The van der Waals surface area contributed by atoms with Gasteiger partial charge in [0.1, 0.15) is 5.54 Å². The van der Waals surface area contributed by atoms with Crippen LogP contribution in [0.15, 0.2) is 0 Å². The Morgan fingerprint density at radius 3 is 2.42 bits per heavy atom. The van der Waals surface area contributed by atoms with Crippen molar-refractivity contribution in [2.24, 2.45) is 5.92 Å². The van der Waals surface area contributed by atoms with Crippen LogP contribution in [0.5, 0.6) is 0 Å². The first-order chi connectivity index (χ1) is 8.92. The van der Waals surface area contributed by atoms with Crippen LogP contribution in [-0.2, 0) is 9.53 Å². The maximum atomic E-state index is 11.9. The molecule has 0 bridgehead atoms. The minimum Gasteiger partial charge on any atom is -0.480 e. The highest BCUT2D eigenvalue weighted by molar-refractivity contribution is 5.86. The van der Waals surface area contributed by atoms with Gasteiger partial charge in [0, 0.05) is 13.7 Å². The number of aliphatic carboxylic acids is 1. The molecule has 2 aliphatic rings. The van der Waals surface area contributed by atoms with Gasteiger partial charge in [-0.25, -0.2) is 9.59 Å². The Balaban J connectivity index is 1.84. The van der Waals surface area contributed by atoms with Gasteiger partial charge in [-0.3, -0.25) is 0 Å². The third kappa shape index (κ3) is 2.83. The van der Waals surface area contributed by atoms with Crippen LogP contribution in [0.25, 0.3) is 0 Å². The lowest BCUT2D eigenvalue weighted by Gasteiger charge is -2.40. The minimum atomic E-state index is -1.16. The number of carboxylic acid groups (broad SMARTS) is 1. The predicted octanol–water partition coefficient (Wildman–Crippen LogP) is 1.11. The molecule has 0 aromatic carbocycles. The predicted molar refractivity (Wildman–Crippen MR) is 68.9 cm³/mol. The molecular weight excluding hydrogens is 248 g/mol. The topological polar surface area (TPSA) is 87.7 Å². The summed E-state index contributed by atoms with van der Waals surface area (Å²) in [5.41, 5.74) is -1.42. The van der Waals surface area contributed by atoms with E-state index in [0.717, 1.165) is 32.1 Å². The second-order valence-electron chi connectivity index (χ2n) is 5.83. The number of rotatable bonds is 6. The minimum absolute atomic E-state index is 0.0378. The molecule has 2 aliphatic carbocycles. The van der Waals surface area contributed by atoms with Crippen LogP contribution in [0.4, 0.5) is 4.79 Å². The second-order valence-corrected chi connectivity index (χ2v) is 5.83. The van der Waals surface area contributed by atoms with Crippen LogP contribution < -0.4 is 10.6 Å². The number of methoxy groups -OCH3 is 1. The molecule has 0 aliphatic heterocycles. The lowest BCUT2D eigenvalue weighted by atomic mass is 9.80. The Labute approximate surface area is 112 Å². The van der Waals surface area contributed by atoms with Gasteiger partial charge >= 0.3 is 12.0 Å². The largest absolute Gasteiger partial charge is 0.480 e. The smallest absolute Gasteiger partial charge is 0.329 e. The number of carboxylic acids is 1. The molecular formula is C13H22N2O4. The van der Waals surface area contributed by atoms with Gasteiger partial charge < -0.3 is 20.5 Å². The van der Waals surface area contributed by atoms with Crippen molar-refractivity contribution in [3.05, 3.63) is 0 Å². The summed E-state index contributed by atoms with van der Waals surface area (Å²) in [6.07, 6.45) is 4.67. The third-order valence-corrected chi connectivity index (χ3v) is 4.48. The van der Waals surface area contributed by atoms with Crippen molar-refractivity contribution in [1.29, 1.82) is 0 Å². The number of carbonyl (C=O) groups is 2. The lowest BCUT2D eigenvalue weighted by molar-refractivity contribution is -0.144. The van der Waals surface area contributed by atoms with Crippen LogP contribution in [0.2, 0.25) is 0 Å². The quantitative estimate of drug-likeness (QED) is 0.674. The molecule has 1 unspecified atom stereocenters. The summed E-state index contributed by atoms with van der Waals surface area (Å²) in [5.74, 6) is -0.939. The molecule has 6 nitrogen and oxygen atoms in total. The van der Waals surface area contributed by atoms with Crippen molar-refractivity contribution >= 4 is 12.0 Å². The SMILES string of the molecule is COC1(CNC(=O)NC(C)(C(=O)O)C2CC2)CCC1. The first-order valence-corrected chi connectivity index (χ1v) is 6.76. The Bertz CT molecular complexity index is 371. The van der Waals surface area contributed by atoms with Gasteiger partial charge in [-0.2, -0.15) is 0 Å². The molecule has 0 aromatic rings. The van der Waals surface area contributed by atoms with Crippen molar-refractivity contribution in [3.63, 3.8) is 0 Å². The lowest BCUT2D eigenvalue weighted by Crippen LogP contribution is -2.59. The molecule has 2 rings (SSSR count). The zero-order valence-corrected chi connectivity index (χ0v) is 11.5. The molecule has 6 heteroatoms. The van der Waals surface area contributed by atoms with E-state index in [-0.39, 0.29) is 11.5 Å². The molecule has 0 radical (unpaired) electrons.